The normalized spacial score (nSPS) is 17.0. The molecule has 21 heavy (non-hydrogen) atoms. The molecule has 3 N–H and O–H groups in total. The van der Waals surface area contributed by atoms with Crippen molar-refractivity contribution in [3.8, 4) is 0 Å². The van der Waals surface area contributed by atoms with Gasteiger partial charge >= 0.3 is 0 Å². The van der Waals surface area contributed by atoms with Crippen molar-refractivity contribution >= 4 is 10.0 Å². The third-order valence-corrected chi connectivity index (χ3v) is 5.13. The monoisotopic (exact) mass is 313 g/mol. The molecule has 1 fully saturated rings. The third-order valence-electron chi connectivity index (χ3n) is 3.67. The van der Waals surface area contributed by atoms with E-state index < -0.39 is 10.0 Å². The van der Waals surface area contributed by atoms with E-state index in [1.165, 1.54) is 0 Å². The van der Waals surface area contributed by atoms with Crippen molar-refractivity contribution in [3.05, 3.63) is 29.3 Å². The van der Waals surface area contributed by atoms with Crippen molar-refractivity contribution in [3.63, 3.8) is 0 Å². The van der Waals surface area contributed by atoms with Gasteiger partial charge in [0.2, 0.25) is 10.0 Å². The fourth-order valence-electron chi connectivity index (χ4n) is 2.28. The first-order valence-electron chi connectivity index (χ1n) is 7.12. The van der Waals surface area contributed by atoms with Crippen LogP contribution in [0.1, 0.15) is 11.1 Å². The zero-order valence-corrected chi connectivity index (χ0v) is 13.2. The molecule has 1 aliphatic heterocycles. The summed E-state index contributed by atoms with van der Waals surface area (Å²) >= 11 is 0. The Hall–Kier alpha value is -0.990. The van der Waals surface area contributed by atoms with Crippen LogP contribution in [0.25, 0.3) is 0 Å². The van der Waals surface area contributed by atoms with Crippen LogP contribution >= 0.6 is 0 Å². The summed E-state index contributed by atoms with van der Waals surface area (Å²) in [6.45, 7) is 6.47. The molecule has 7 heteroatoms. The second-order valence-electron chi connectivity index (χ2n) is 5.14. The van der Waals surface area contributed by atoms with Crippen molar-refractivity contribution in [1.82, 2.24) is 9.62 Å². The molecule has 0 spiro atoms. The molecule has 0 aliphatic carbocycles. The van der Waals surface area contributed by atoms with Gasteiger partial charge in [0, 0.05) is 32.7 Å². The Bertz CT molecular complexity index is 569. The number of aryl methyl sites for hydroxylation is 1. The number of hydrogen-bond acceptors (Lipinski definition) is 5. The van der Waals surface area contributed by atoms with Crippen LogP contribution in [0.15, 0.2) is 23.1 Å². The minimum atomic E-state index is -3.47. The lowest BCUT2D eigenvalue weighted by atomic mass is 10.1. The largest absolute Gasteiger partial charge is 0.379 e. The van der Waals surface area contributed by atoms with E-state index in [9.17, 15) is 8.42 Å². The fraction of sp³-hybridized carbons (Fsp3) is 0.571. The molecule has 6 nitrogen and oxygen atoms in total. The smallest absolute Gasteiger partial charge is 0.240 e. The van der Waals surface area contributed by atoms with E-state index >= 15 is 0 Å². The number of sulfonamides is 1. The van der Waals surface area contributed by atoms with Crippen LogP contribution in [0.3, 0.4) is 0 Å². The molecule has 1 heterocycles. The lowest BCUT2D eigenvalue weighted by Crippen LogP contribution is -2.41. The maximum Gasteiger partial charge on any atom is 0.240 e. The van der Waals surface area contributed by atoms with Crippen LogP contribution in [-0.4, -0.2) is 52.7 Å². The zero-order chi connectivity index (χ0) is 15.3. The Morgan fingerprint density at radius 2 is 2.05 bits per heavy atom. The topological polar surface area (TPSA) is 84.7 Å². The van der Waals surface area contributed by atoms with Crippen LogP contribution in [0.5, 0.6) is 0 Å². The summed E-state index contributed by atoms with van der Waals surface area (Å²) in [6.07, 6.45) is 0. The predicted molar refractivity (Wildman–Crippen MR) is 81.5 cm³/mol. The van der Waals surface area contributed by atoms with Gasteiger partial charge in [-0.25, -0.2) is 13.1 Å². The van der Waals surface area contributed by atoms with Crippen molar-refractivity contribution in [2.45, 2.75) is 18.4 Å². The van der Waals surface area contributed by atoms with Gasteiger partial charge in [0.25, 0.3) is 0 Å². The molecule has 1 aromatic carbocycles. The predicted octanol–water partition coefficient (Wildman–Crippen LogP) is 0.0642. The highest BCUT2D eigenvalue weighted by molar-refractivity contribution is 7.89. The first-order chi connectivity index (χ1) is 10.0. The van der Waals surface area contributed by atoms with Crippen LogP contribution in [0.2, 0.25) is 0 Å². The Kier molecular flexibility index (Phi) is 5.72. The zero-order valence-electron chi connectivity index (χ0n) is 12.3. The molecule has 0 bridgehead atoms. The second-order valence-corrected chi connectivity index (χ2v) is 6.91. The van der Waals surface area contributed by atoms with Gasteiger partial charge in [-0.05, 0) is 30.2 Å². The van der Waals surface area contributed by atoms with E-state index in [0.717, 1.165) is 24.2 Å². The number of hydrogen-bond donors (Lipinski definition) is 2. The van der Waals surface area contributed by atoms with Gasteiger partial charge < -0.3 is 10.5 Å². The molecule has 1 aliphatic rings. The molecular formula is C14H23N3O3S. The number of morpholine rings is 1. The first kappa shape index (κ1) is 16.4. The van der Waals surface area contributed by atoms with Crippen molar-refractivity contribution in [2.75, 3.05) is 39.4 Å². The Morgan fingerprint density at radius 3 is 2.71 bits per heavy atom. The minimum absolute atomic E-state index is 0.274. The van der Waals surface area contributed by atoms with Crippen LogP contribution in [0.4, 0.5) is 0 Å². The van der Waals surface area contributed by atoms with Gasteiger partial charge in [0.05, 0.1) is 18.1 Å². The van der Waals surface area contributed by atoms with Gasteiger partial charge in [-0.2, -0.15) is 0 Å². The average Bonchev–Trinajstić information content (AvgIpc) is 2.48. The molecule has 1 saturated heterocycles. The number of ether oxygens (including phenoxy) is 1. The molecular weight excluding hydrogens is 290 g/mol. The van der Waals surface area contributed by atoms with Gasteiger partial charge in [0.1, 0.15) is 0 Å². The Morgan fingerprint density at radius 1 is 1.33 bits per heavy atom. The molecule has 2 rings (SSSR count). The first-order valence-corrected chi connectivity index (χ1v) is 8.60. The fourth-order valence-corrected chi connectivity index (χ4v) is 3.35. The maximum atomic E-state index is 12.3. The number of nitrogens with two attached hydrogens (primary N) is 1. The van der Waals surface area contributed by atoms with E-state index in [1.54, 1.807) is 18.2 Å². The quantitative estimate of drug-likeness (QED) is 0.776. The highest BCUT2D eigenvalue weighted by Gasteiger charge is 2.16. The Labute approximate surface area is 126 Å². The van der Waals surface area contributed by atoms with E-state index in [1.807, 2.05) is 6.92 Å². The second kappa shape index (κ2) is 7.33. The molecule has 0 saturated carbocycles. The summed E-state index contributed by atoms with van der Waals surface area (Å²) < 4.78 is 32.4. The van der Waals surface area contributed by atoms with Gasteiger partial charge in [-0.1, -0.05) is 6.07 Å². The maximum absolute atomic E-state index is 12.3. The van der Waals surface area contributed by atoms with Crippen molar-refractivity contribution in [2.24, 2.45) is 5.73 Å². The highest BCUT2D eigenvalue weighted by Crippen LogP contribution is 2.15. The Balaban J connectivity index is 1.94. The summed E-state index contributed by atoms with van der Waals surface area (Å²) in [6, 6.07) is 5.05. The summed E-state index contributed by atoms with van der Waals surface area (Å²) in [5.41, 5.74) is 7.48. The van der Waals surface area contributed by atoms with E-state index in [2.05, 4.69) is 9.62 Å². The van der Waals surface area contributed by atoms with Crippen LogP contribution in [0, 0.1) is 6.92 Å². The standard InChI is InChI=1S/C14H23N3O3S/c1-12-2-3-14(10-13(12)11-15)21(18,19)16-4-5-17-6-8-20-9-7-17/h2-3,10,16H,4-9,11,15H2,1H3. The number of nitrogens with zero attached hydrogens (tertiary/aromatic N) is 1. The number of nitrogens with one attached hydrogen (secondary N) is 1. The van der Waals surface area contributed by atoms with Gasteiger partial charge in [0.15, 0.2) is 0 Å². The average molecular weight is 313 g/mol. The highest BCUT2D eigenvalue weighted by atomic mass is 32.2. The van der Waals surface area contributed by atoms with Gasteiger partial charge in [-0.3, -0.25) is 4.90 Å². The van der Waals surface area contributed by atoms with Crippen LogP contribution in [-0.2, 0) is 21.3 Å². The SMILES string of the molecule is Cc1ccc(S(=O)(=O)NCCN2CCOCC2)cc1CN. The molecule has 0 unspecified atom stereocenters. The molecule has 0 radical (unpaired) electrons. The third kappa shape index (κ3) is 4.49. The van der Waals surface area contributed by atoms with Crippen LogP contribution < -0.4 is 10.5 Å². The summed E-state index contributed by atoms with van der Waals surface area (Å²) in [4.78, 5) is 2.46. The minimum Gasteiger partial charge on any atom is -0.379 e. The molecule has 0 amide bonds. The summed E-state index contributed by atoms with van der Waals surface area (Å²) in [5, 5.41) is 0. The molecule has 1 aromatic rings. The lowest BCUT2D eigenvalue weighted by molar-refractivity contribution is 0.0390. The van der Waals surface area contributed by atoms with E-state index in [4.69, 9.17) is 10.5 Å². The van der Waals surface area contributed by atoms with Gasteiger partial charge in [-0.15, -0.1) is 0 Å². The molecule has 0 aromatic heterocycles. The number of benzene rings is 1. The molecule has 118 valence electrons. The van der Waals surface area contributed by atoms with E-state index in [-0.39, 0.29) is 4.90 Å². The number of rotatable bonds is 6. The summed E-state index contributed by atoms with van der Waals surface area (Å²) in [7, 11) is -3.47. The van der Waals surface area contributed by atoms with E-state index in [0.29, 0.717) is 32.8 Å². The van der Waals surface area contributed by atoms with Crippen molar-refractivity contribution < 1.29 is 13.2 Å². The molecule has 0 atom stereocenters. The summed E-state index contributed by atoms with van der Waals surface area (Å²) in [5.74, 6) is 0. The lowest BCUT2D eigenvalue weighted by Gasteiger charge is -2.26. The van der Waals surface area contributed by atoms with Crippen molar-refractivity contribution in [1.29, 1.82) is 0 Å².